The van der Waals surface area contributed by atoms with Gasteiger partial charge in [-0.15, -0.1) is 0 Å². The van der Waals surface area contributed by atoms with E-state index in [1.165, 1.54) is 5.56 Å². The number of nitrogens with two attached hydrogens (primary N) is 1. The minimum atomic E-state index is -0.0760. The third kappa shape index (κ3) is 4.41. The Kier molecular flexibility index (Phi) is 5.53. The highest BCUT2D eigenvalue weighted by atomic mass is 79.9. The van der Waals surface area contributed by atoms with Crippen molar-refractivity contribution in [1.29, 1.82) is 0 Å². The average molecular weight is 347 g/mol. The zero-order valence-electron chi connectivity index (χ0n) is 12.0. The van der Waals surface area contributed by atoms with E-state index < -0.39 is 0 Å². The number of aryl methyl sites for hydroxylation is 1. The largest absolute Gasteiger partial charge is 0.348 e. The molecule has 110 valence electrons. The van der Waals surface area contributed by atoms with Crippen molar-refractivity contribution in [1.82, 2.24) is 5.32 Å². The van der Waals surface area contributed by atoms with E-state index in [0.717, 1.165) is 22.0 Å². The van der Waals surface area contributed by atoms with Crippen LogP contribution in [0.15, 0.2) is 46.9 Å². The van der Waals surface area contributed by atoms with Crippen molar-refractivity contribution in [3.05, 3.63) is 69.2 Å². The predicted octanol–water partition coefficient (Wildman–Crippen LogP) is 3.19. The van der Waals surface area contributed by atoms with E-state index in [2.05, 4.69) is 33.4 Å². The molecule has 0 aliphatic rings. The molecule has 0 aliphatic heterocycles. The summed E-state index contributed by atoms with van der Waals surface area (Å²) < 4.78 is 0.818. The van der Waals surface area contributed by atoms with E-state index in [-0.39, 0.29) is 5.91 Å². The zero-order chi connectivity index (χ0) is 15.2. The molecule has 1 amide bonds. The smallest absolute Gasteiger partial charge is 0.252 e. The van der Waals surface area contributed by atoms with Gasteiger partial charge in [-0.2, -0.15) is 0 Å². The van der Waals surface area contributed by atoms with Gasteiger partial charge in [0.2, 0.25) is 0 Å². The first-order valence-electron chi connectivity index (χ1n) is 6.92. The molecule has 0 radical (unpaired) electrons. The molecule has 0 aromatic heterocycles. The number of amides is 1. The van der Waals surface area contributed by atoms with Crippen molar-refractivity contribution in [2.45, 2.75) is 19.9 Å². The van der Waals surface area contributed by atoms with Crippen LogP contribution in [0.5, 0.6) is 0 Å². The third-order valence-corrected chi connectivity index (χ3v) is 3.93. The molecule has 0 atom stereocenters. The maximum absolute atomic E-state index is 12.2. The molecule has 4 heteroatoms. The van der Waals surface area contributed by atoms with E-state index in [0.29, 0.717) is 18.7 Å². The van der Waals surface area contributed by atoms with Gasteiger partial charge in [0, 0.05) is 11.0 Å². The van der Waals surface area contributed by atoms with Crippen LogP contribution in [0.1, 0.15) is 27.0 Å². The Morgan fingerprint density at radius 3 is 2.43 bits per heavy atom. The Bertz CT molecular complexity index is 623. The minimum absolute atomic E-state index is 0.0760. The van der Waals surface area contributed by atoms with Gasteiger partial charge >= 0.3 is 0 Å². The topological polar surface area (TPSA) is 55.1 Å². The minimum Gasteiger partial charge on any atom is -0.348 e. The van der Waals surface area contributed by atoms with E-state index >= 15 is 0 Å². The molecule has 2 aromatic carbocycles. The first-order valence-corrected chi connectivity index (χ1v) is 7.71. The number of hydrogen-bond acceptors (Lipinski definition) is 2. The number of halogens is 1. The van der Waals surface area contributed by atoms with Crippen LogP contribution < -0.4 is 11.1 Å². The molecular formula is C17H19BrN2O. The fourth-order valence-electron chi connectivity index (χ4n) is 2.07. The van der Waals surface area contributed by atoms with Gasteiger partial charge in [0.05, 0.1) is 5.56 Å². The molecular weight excluding hydrogens is 328 g/mol. The highest BCUT2D eigenvalue weighted by Crippen LogP contribution is 2.18. The van der Waals surface area contributed by atoms with Gasteiger partial charge in [-0.1, -0.05) is 30.3 Å². The number of hydrogen-bond donors (Lipinski definition) is 2. The fourth-order valence-corrected chi connectivity index (χ4v) is 2.75. The van der Waals surface area contributed by atoms with Crippen molar-refractivity contribution < 1.29 is 4.79 Å². The molecule has 0 fully saturated rings. The number of carbonyl (C=O) groups excluding carboxylic acids is 1. The highest BCUT2D eigenvalue weighted by molar-refractivity contribution is 9.10. The van der Waals surface area contributed by atoms with E-state index in [9.17, 15) is 4.79 Å². The lowest BCUT2D eigenvalue weighted by Gasteiger charge is -2.08. The Morgan fingerprint density at radius 2 is 1.81 bits per heavy atom. The summed E-state index contributed by atoms with van der Waals surface area (Å²) in [6.07, 6.45) is 0.878. The molecule has 0 saturated heterocycles. The van der Waals surface area contributed by atoms with Crippen molar-refractivity contribution >= 4 is 21.8 Å². The molecule has 2 rings (SSSR count). The molecule has 2 aromatic rings. The molecule has 0 aliphatic carbocycles. The van der Waals surface area contributed by atoms with E-state index in [4.69, 9.17) is 5.73 Å². The second kappa shape index (κ2) is 7.38. The Morgan fingerprint density at radius 1 is 1.14 bits per heavy atom. The molecule has 0 bridgehead atoms. The lowest BCUT2D eigenvalue weighted by Crippen LogP contribution is -2.23. The standard InChI is InChI=1S/C17H19BrN2O/c1-12-2-7-15(16(18)10-12)17(21)20-11-14-5-3-13(4-6-14)8-9-19/h2-7,10H,8-9,11,19H2,1H3,(H,20,21). The van der Waals surface area contributed by atoms with Crippen LogP contribution >= 0.6 is 15.9 Å². The fraction of sp³-hybridized carbons (Fsp3) is 0.235. The van der Waals surface area contributed by atoms with Gasteiger partial charge in [0.1, 0.15) is 0 Å². The number of rotatable bonds is 5. The van der Waals surface area contributed by atoms with Gasteiger partial charge in [-0.05, 0) is 64.6 Å². The quantitative estimate of drug-likeness (QED) is 0.873. The molecule has 21 heavy (non-hydrogen) atoms. The second-order valence-electron chi connectivity index (χ2n) is 5.02. The lowest BCUT2D eigenvalue weighted by molar-refractivity contribution is 0.0950. The summed E-state index contributed by atoms with van der Waals surface area (Å²) >= 11 is 3.43. The average Bonchev–Trinajstić information content (AvgIpc) is 2.46. The molecule has 3 nitrogen and oxygen atoms in total. The zero-order valence-corrected chi connectivity index (χ0v) is 13.6. The van der Waals surface area contributed by atoms with Crippen LogP contribution in [-0.4, -0.2) is 12.5 Å². The maximum Gasteiger partial charge on any atom is 0.252 e. The summed E-state index contributed by atoms with van der Waals surface area (Å²) in [5, 5.41) is 2.93. The molecule has 0 unspecified atom stereocenters. The van der Waals surface area contributed by atoms with Crippen LogP contribution in [0.25, 0.3) is 0 Å². The molecule has 3 N–H and O–H groups in total. The van der Waals surface area contributed by atoms with E-state index in [1.54, 1.807) is 0 Å². The van der Waals surface area contributed by atoms with E-state index in [1.807, 2.05) is 37.3 Å². The first kappa shape index (κ1) is 15.7. The number of nitrogens with one attached hydrogen (secondary N) is 1. The summed E-state index contributed by atoms with van der Waals surface area (Å²) in [6.45, 7) is 3.16. The SMILES string of the molecule is Cc1ccc(C(=O)NCc2ccc(CCN)cc2)c(Br)c1. The van der Waals surface area contributed by atoms with Crippen molar-refractivity contribution in [3.63, 3.8) is 0 Å². The Balaban J connectivity index is 1.97. The van der Waals surface area contributed by atoms with Crippen LogP contribution in [-0.2, 0) is 13.0 Å². The van der Waals surface area contributed by atoms with Crippen LogP contribution in [0.3, 0.4) is 0 Å². The van der Waals surface area contributed by atoms with Crippen molar-refractivity contribution in [3.8, 4) is 0 Å². The third-order valence-electron chi connectivity index (χ3n) is 3.28. The first-order chi connectivity index (χ1) is 10.1. The summed E-state index contributed by atoms with van der Waals surface area (Å²) in [5.41, 5.74) is 9.59. The second-order valence-corrected chi connectivity index (χ2v) is 5.88. The Labute approximate surface area is 133 Å². The van der Waals surface area contributed by atoms with Crippen LogP contribution in [0.2, 0.25) is 0 Å². The van der Waals surface area contributed by atoms with Gasteiger partial charge in [0.15, 0.2) is 0 Å². The summed E-state index contributed by atoms with van der Waals surface area (Å²) in [5.74, 6) is -0.0760. The highest BCUT2D eigenvalue weighted by Gasteiger charge is 2.09. The van der Waals surface area contributed by atoms with Gasteiger partial charge in [-0.3, -0.25) is 4.79 Å². The van der Waals surface area contributed by atoms with Gasteiger partial charge in [-0.25, -0.2) is 0 Å². The monoisotopic (exact) mass is 346 g/mol. The molecule has 0 spiro atoms. The maximum atomic E-state index is 12.2. The Hall–Kier alpha value is -1.65. The summed E-state index contributed by atoms with van der Waals surface area (Å²) in [6, 6.07) is 13.9. The normalized spacial score (nSPS) is 10.4. The number of carbonyl (C=O) groups is 1. The van der Waals surface area contributed by atoms with Gasteiger partial charge in [0.25, 0.3) is 5.91 Å². The number of benzene rings is 2. The predicted molar refractivity (Wildman–Crippen MR) is 89.2 cm³/mol. The summed E-state index contributed by atoms with van der Waals surface area (Å²) in [4.78, 5) is 12.2. The van der Waals surface area contributed by atoms with Crippen molar-refractivity contribution in [2.24, 2.45) is 5.73 Å². The van der Waals surface area contributed by atoms with Crippen molar-refractivity contribution in [2.75, 3.05) is 6.54 Å². The van der Waals surface area contributed by atoms with Crippen LogP contribution in [0.4, 0.5) is 0 Å². The van der Waals surface area contributed by atoms with Gasteiger partial charge < -0.3 is 11.1 Å². The molecule has 0 saturated carbocycles. The molecule has 0 heterocycles. The lowest BCUT2D eigenvalue weighted by atomic mass is 10.1. The van der Waals surface area contributed by atoms with Crippen LogP contribution in [0, 0.1) is 6.92 Å². The summed E-state index contributed by atoms with van der Waals surface area (Å²) in [7, 11) is 0.